The first-order chi connectivity index (χ1) is 16.9. The fourth-order valence-electron chi connectivity index (χ4n) is 4.09. The Morgan fingerprint density at radius 2 is 1.89 bits per heavy atom. The molecule has 0 saturated heterocycles. The summed E-state index contributed by atoms with van der Waals surface area (Å²) >= 11 is 0. The molecule has 0 fully saturated rings. The number of fused-ring (bicyclic) bond motifs is 1. The Morgan fingerprint density at radius 3 is 2.57 bits per heavy atom. The largest absolute Gasteiger partial charge is 0.493 e. The number of amides is 1. The van der Waals surface area contributed by atoms with E-state index in [1.807, 2.05) is 49.4 Å². The van der Waals surface area contributed by atoms with Crippen LogP contribution < -0.4 is 16.0 Å². The predicted octanol–water partition coefficient (Wildman–Crippen LogP) is 3.76. The van der Waals surface area contributed by atoms with Crippen LogP contribution in [0.3, 0.4) is 0 Å². The predicted molar refractivity (Wildman–Crippen MR) is 137 cm³/mol. The number of H-pyrrole nitrogens is 1. The van der Waals surface area contributed by atoms with Crippen LogP contribution in [0.25, 0.3) is 28.5 Å². The highest BCUT2D eigenvalue weighted by atomic mass is 16.5. The average molecular weight is 472 g/mol. The van der Waals surface area contributed by atoms with E-state index < -0.39 is 5.91 Å². The van der Waals surface area contributed by atoms with Gasteiger partial charge in [0.2, 0.25) is 5.91 Å². The molecule has 0 saturated carbocycles. The van der Waals surface area contributed by atoms with E-state index >= 15 is 0 Å². The number of aromatic nitrogens is 4. The number of aromatic amines is 1. The summed E-state index contributed by atoms with van der Waals surface area (Å²) in [5, 5.41) is 4.51. The van der Waals surface area contributed by atoms with Gasteiger partial charge < -0.3 is 15.5 Å². The minimum absolute atomic E-state index is 0.227. The Kier molecular flexibility index (Phi) is 7.10. The van der Waals surface area contributed by atoms with Crippen molar-refractivity contribution in [2.45, 2.75) is 33.1 Å². The smallest absolute Gasteiger partial charge is 0.277 e. The van der Waals surface area contributed by atoms with E-state index in [0.717, 1.165) is 40.8 Å². The van der Waals surface area contributed by atoms with Crippen molar-refractivity contribution in [3.05, 3.63) is 81.3 Å². The number of carbonyl (C=O) groups is 1. The van der Waals surface area contributed by atoms with Gasteiger partial charge in [0.25, 0.3) is 5.56 Å². The van der Waals surface area contributed by atoms with Crippen LogP contribution in [-0.4, -0.2) is 32.3 Å². The minimum atomic E-state index is -0.478. The van der Waals surface area contributed by atoms with Gasteiger partial charge in [0, 0.05) is 13.1 Å². The van der Waals surface area contributed by atoms with Crippen molar-refractivity contribution in [3.63, 3.8) is 0 Å². The fourth-order valence-corrected chi connectivity index (χ4v) is 4.09. The van der Waals surface area contributed by atoms with Crippen molar-refractivity contribution in [3.8, 4) is 17.1 Å². The monoisotopic (exact) mass is 471 g/mol. The van der Waals surface area contributed by atoms with Crippen molar-refractivity contribution < 1.29 is 9.53 Å². The molecule has 0 radical (unpaired) electrons. The molecule has 0 aliphatic rings. The molecule has 0 spiro atoms. The summed E-state index contributed by atoms with van der Waals surface area (Å²) in [5.74, 6) is 0.644. The molecule has 2 aromatic heterocycles. The van der Waals surface area contributed by atoms with Gasteiger partial charge in [-0.3, -0.25) is 14.3 Å². The van der Waals surface area contributed by atoms with Gasteiger partial charge in [-0.1, -0.05) is 43.7 Å². The van der Waals surface area contributed by atoms with Gasteiger partial charge in [-0.2, -0.15) is 5.10 Å². The lowest BCUT2D eigenvalue weighted by Gasteiger charge is -2.12. The number of hydrogen-bond acceptors (Lipinski definition) is 5. The third-order valence-electron chi connectivity index (χ3n) is 5.68. The number of benzene rings is 2. The lowest BCUT2D eigenvalue weighted by atomic mass is 10.0. The van der Waals surface area contributed by atoms with Crippen LogP contribution in [0.1, 0.15) is 42.7 Å². The molecule has 3 N–H and O–H groups in total. The van der Waals surface area contributed by atoms with Gasteiger partial charge in [0.05, 0.1) is 17.9 Å². The second-order valence-corrected chi connectivity index (χ2v) is 8.35. The first-order valence-corrected chi connectivity index (χ1v) is 11.7. The topological polar surface area (TPSA) is 116 Å². The molecule has 0 aliphatic carbocycles. The molecule has 0 bridgehead atoms. The highest BCUT2D eigenvalue weighted by molar-refractivity contribution is 5.90. The van der Waals surface area contributed by atoms with Crippen molar-refractivity contribution in [1.82, 2.24) is 19.7 Å². The SMILES string of the molecule is CCCc1nn(C)c2c(=O)[nH]c(-c3cc(Cc4ccc(C=CC(N)=O)cc4)ccc3OCC)nc12. The second kappa shape index (κ2) is 10.4. The number of primary amides is 1. The van der Waals surface area contributed by atoms with Crippen LogP contribution in [0.15, 0.2) is 53.3 Å². The third kappa shape index (κ3) is 5.32. The van der Waals surface area contributed by atoms with Crippen LogP contribution in [0.5, 0.6) is 5.75 Å². The first-order valence-electron chi connectivity index (χ1n) is 11.7. The lowest BCUT2D eigenvalue weighted by molar-refractivity contribution is -0.113. The molecule has 2 aromatic carbocycles. The number of aryl methyl sites for hydroxylation is 2. The normalized spacial score (nSPS) is 11.4. The Labute approximate surface area is 203 Å². The zero-order chi connectivity index (χ0) is 24.9. The molecule has 1 amide bonds. The highest BCUT2D eigenvalue weighted by Gasteiger charge is 2.17. The first kappa shape index (κ1) is 23.9. The van der Waals surface area contributed by atoms with Gasteiger partial charge in [-0.25, -0.2) is 4.98 Å². The molecule has 0 aliphatic heterocycles. The summed E-state index contributed by atoms with van der Waals surface area (Å²) in [6, 6.07) is 13.8. The summed E-state index contributed by atoms with van der Waals surface area (Å²) in [6.07, 6.45) is 5.36. The quantitative estimate of drug-likeness (QED) is 0.361. The zero-order valence-corrected chi connectivity index (χ0v) is 20.2. The van der Waals surface area contributed by atoms with Gasteiger partial charge in [0.15, 0.2) is 5.52 Å². The van der Waals surface area contributed by atoms with Gasteiger partial charge in [0.1, 0.15) is 17.1 Å². The molecule has 4 aromatic rings. The Balaban J connectivity index is 1.72. The van der Waals surface area contributed by atoms with Crippen molar-refractivity contribution >= 4 is 23.0 Å². The average Bonchev–Trinajstić information content (AvgIpc) is 3.15. The molecule has 35 heavy (non-hydrogen) atoms. The number of nitrogens with zero attached hydrogens (tertiary/aromatic N) is 3. The number of hydrogen-bond donors (Lipinski definition) is 2. The summed E-state index contributed by atoms with van der Waals surface area (Å²) in [4.78, 5) is 31.6. The number of nitrogens with one attached hydrogen (secondary N) is 1. The maximum Gasteiger partial charge on any atom is 0.277 e. The molecule has 0 atom stereocenters. The molecular weight excluding hydrogens is 442 g/mol. The van der Waals surface area contributed by atoms with E-state index in [2.05, 4.69) is 17.0 Å². The molecule has 2 heterocycles. The van der Waals surface area contributed by atoms with Crippen LogP contribution in [0.2, 0.25) is 0 Å². The Morgan fingerprint density at radius 1 is 1.14 bits per heavy atom. The molecule has 8 heteroatoms. The standard InChI is InChI=1S/C27H29N5O3/c1-4-6-21-24-25(32(3)31-21)27(34)30-26(29-24)20-16-19(11-13-22(20)35-5-2)15-18-9-7-17(8-10-18)12-14-23(28)33/h7-14,16H,4-6,15H2,1-3H3,(H2,28,33)(H,29,30,34). The van der Waals surface area contributed by atoms with Gasteiger partial charge in [-0.05, 0) is 54.7 Å². The second-order valence-electron chi connectivity index (χ2n) is 8.35. The van der Waals surface area contributed by atoms with Crippen LogP contribution in [0, 0.1) is 0 Å². The number of nitrogens with two attached hydrogens (primary N) is 1. The maximum atomic E-state index is 13.0. The number of carbonyl (C=O) groups excluding carboxylic acids is 1. The lowest BCUT2D eigenvalue weighted by Crippen LogP contribution is -2.13. The van der Waals surface area contributed by atoms with E-state index in [0.29, 0.717) is 35.6 Å². The maximum absolute atomic E-state index is 13.0. The van der Waals surface area contributed by atoms with E-state index in [9.17, 15) is 9.59 Å². The third-order valence-corrected chi connectivity index (χ3v) is 5.68. The van der Waals surface area contributed by atoms with E-state index in [4.69, 9.17) is 15.5 Å². The summed E-state index contributed by atoms with van der Waals surface area (Å²) in [6.45, 7) is 4.49. The summed E-state index contributed by atoms with van der Waals surface area (Å²) in [7, 11) is 1.76. The van der Waals surface area contributed by atoms with Gasteiger partial charge >= 0.3 is 0 Å². The van der Waals surface area contributed by atoms with Crippen LogP contribution >= 0.6 is 0 Å². The van der Waals surface area contributed by atoms with Gasteiger partial charge in [-0.15, -0.1) is 0 Å². The van der Waals surface area contributed by atoms with Crippen molar-refractivity contribution in [2.24, 2.45) is 12.8 Å². The van der Waals surface area contributed by atoms with E-state index in [1.54, 1.807) is 17.8 Å². The highest BCUT2D eigenvalue weighted by Crippen LogP contribution is 2.30. The van der Waals surface area contributed by atoms with Crippen LogP contribution in [-0.2, 0) is 24.7 Å². The summed E-state index contributed by atoms with van der Waals surface area (Å²) in [5.41, 5.74) is 10.6. The Bertz CT molecular complexity index is 1450. The summed E-state index contributed by atoms with van der Waals surface area (Å²) < 4.78 is 7.46. The molecule has 4 rings (SSSR count). The molecular formula is C27H29N5O3. The molecule has 8 nitrogen and oxygen atoms in total. The van der Waals surface area contributed by atoms with E-state index in [-0.39, 0.29) is 5.56 Å². The number of ether oxygens (including phenoxy) is 1. The van der Waals surface area contributed by atoms with Crippen molar-refractivity contribution in [2.75, 3.05) is 6.61 Å². The van der Waals surface area contributed by atoms with Crippen molar-refractivity contribution in [1.29, 1.82) is 0 Å². The minimum Gasteiger partial charge on any atom is -0.493 e. The Hall–Kier alpha value is -4.20. The number of rotatable bonds is 9. The molecule has 180 valence electrons. The fraction of sp³-hybridized carbons (Fsp3) is 0.259. The van der Waals surface area contributed by atoms with E-state index in [1.165, 1.54) is 6.08 Å². The van der Waals surface area contributed by atoms with Crippen LogP contribution in [0.4, 0.5) is 0 Å². The molecule has 0 unspecified atom stereocenters. The zero-order valence-electron chi connectivity index (χ0n) is 20.2.